The minimum Gasteiger partial charge on any atom is -0.367 e. The maximum atomic E-state index is 15.1. The number of anilines is 2. The van der Waals surface area contributed by atoms with Crippen molar-refractivity contribution in [1.29, 1.82) is 0 Å². The van der Waals surface area contributed by atoms with Crippen molar-refractivity contribution in [3.05, 3.63) is 47.4 Å². The second-order valence-corrected chi connectivity index (χ2v) is 7.23. The van der Waals surface area contributed by atoms with Crippen LogP contribution in [0.3, 0.4) is 0 Å². The first kappa shape index (κ1) is 19.1. The molecule has 1 aromatic heterocycles. The van der Waals surface area contributed by atoms with Crippen LogP contribution >= 0.6 is 0 Å². The first-order valence-electron chi connectivity index (χ1n) is 9.21. The standard InChI is InChI=1S/C20H26FN5O/c1-14-4-6-17(7-5-14)25-19(27)26-10-8-20(21,9-11-26)13-22-18-12-15(2)23-16(3)24-18/h4-7,12H,8-11,13H2,1-3H3,(H,25,27)(H,22,23,24). The molecule has 1 saturated heterocycles. The molecular formula is C20H26FN5O. The summed E-state index contributed by atoms with van der Waals surface area (Å²) in [4.78, 5) is 22.5. The number of aryl methyl sites for hydroxylation is 3. The average Bonchev–Trinajstić information content (AvgIpc) is 2.62. The van der Waals surface area contributed by atoms with Crippen LogP contribution in [0.1, 0.15) is 29.9 Å². The largest absolute Gasteiger partial charge is 0.367 e. The van der Waals surface area contributed by atoms with Gasteiger partial charge in [-0.3, -0.25) is 0 Å². The lowest BCUT2D eigenvalue weighted by atomic mass is 9.93. The van der Waals surface area contributed by atoms with E-state index in [0.717, 1.165) is 16.9 Å². The highest BCUT2D eigenvalue weighted by atomic mass is 19.1. The molecule has 0 aliphatic carbocycles. The third-order valence-electron chi connectivity index (χ3n) is 4.80. The molecule has 0 radical (unpaired) electrons. The number of rotatable bonds is 4. The van der Waals surface area contributed by atoms with Gasteiger partial charge < -0.3 is 15.5 Å². The van der Waals surface area contributed by atoms with E-state index in [4.69, 9.17) is 0 Å². The Kier molecular flexibility index (Phi) is 5.58. The number of aromatic nitrogens is 2. The fourth-order valence-electron chi connectivity index (χ4n) is 3.18. The van der Waals surface area contributed by atoms with Crippen LogP contribution in [-0.2, 0) is 0 Å². The Morgan fingerprint density at radius 3 is 2.44 bits per heavy atom. The molecule has 2 heterocycles. The summed E-state index contributed by atoms with van der Waals surface area (Å²) in [5, 5.41) is 5.95. The Bertz CT molecular complexity index is 780. The molecule has 27 heavy (non-hydrogen) atoms. The molecule has 6 nitrogen and oxygen atoms in total. The summed E-state index contributed by atoms with van der Waals surface area (Å²) >= 11 is 0. The van der Waals surface area contributed by atoms with Gasteiger partial charge in [0.05, 0.1) is 6.54 Å². The highest BCUT2D eigenvalue weighted by Crippen LogP contribution is 2.27. The smallest absolute Gasteiger partial charge is 0.321 e. The summed E-state index contributed by atoms with van der Waals surface area (Å²) in [6, 6.07) is 9.25. The molecule has 0 saturated carbocycles. The van der Waals surface area contributed by atoms with Crippen molar-refractivity contribution >= 4 is 17.5 Å². The molecule has 2 amide bonds. The van der Waals surface area contributed by atoms with Crippen LogP contribution in [0, 0.1) is 20.8 Å². The number of halogens is 1. The van der Waals surface area contributed by atoms with Crippen LogP contribution in [-0.4, -0.2) is 46.2 Å². The van der Waals surface area contributed by atoms with Gasteiger partial charge in [-0.2, -0.15) is 0 Å². The van der Waals surface area contributed by atoms with Crippen molar-refractivity contribution in [2.75, 3.05) is 30.3 Å². The molecule has 1 fully saturated rings. The molecular weight excluding hydrogens is 345 g/mol. The monoisotopic (exact) mass is 371 g/mol. The maximum Gasteiger partial charge on any atom is 0.321 e. The van der Waals surface area contributed by atoms with E-state index in [1.165, 1.54) is 0 Å². The molecule has 2 N–H and O–H groups in total. The van der Waals surface area contributed by atoms with Crippen LogP contribution in [0.15, 0.2) is 30.3 Å². The number of piperidine rings is 1. The van der Waals surface area contributed by atoms with Crippen LogP contribution in [0.25, 0.3) is 0 Å². The van der Waals surface area contributed by atoms with Gasteiger partial charge in [-0.25, -0.2) is 19.2 Å². The van der Waals surface area contributed by atoms with Crippen molar-refractivity contribution < 1.29 is 9.18 Å². The Hall–Kier alpha value is -2.70. The molecule has 1 aromatic carbocycles. The summed E-state index contributed by atoms with van der Waals surface area (Å²) in [5.41, 5.74) is 1.38. The van der Waals surface area contributed by atoms with Gasteiger partial charge in [0, 0.05) is 43.4 Å². The summed E-state index contributed by atoms with van der Waals surface area (Å²) < 4.78 is 15.1. The molecule has 0 bridgehead atoms. The van der Waals surface area contributed by atoms with E-state index < -0.39 is 5.67 Å². The second-order valence-electron chi connectivity index (χ2n) is 7.23. The van der Waals surface area contributed by atoms with E-state index >= 15 is 4.39 Å². The number of nitrogens with zero attached hydrogens (tertiary/aromatic N) is 3. The van der Waals surface area contributed by atoms with Gasteiger partial charge >= 0.3 is 6.03 Å². The number of alkyl halides is 1. The molecule has 0 spiro atoms. The Morgan fingerprint density at radius 2 is 1.81 bits per heavy atom. The number of carbonyl (C=O) groups is 1. The van der Waals surface area contributed by atoms with Crippen LogP contribution < -0.4 is 10.6 Å². The number of carbonyl (C=O) groups excluding carboxylic acids is 1. The summed E-state index contributed by atoms with van der Waals surface area (Å²) in [5.74, 6) is 1.30. The lowest BCUT2D eigenvalue weighted by Gasteiger charge is -2.36. The van der Waals surface area contributed by atoms with Gasteiger partial charge in [0.15, 0.2) is 0 Å². The molecule has 1 aliphatic rings. The van der Waals surface area contributed by atoms with Gasteiger partial charge in [-0.15, -0.1) is 0 Å². The molecule has 7 heteroatoms. The molecule has 1 aliphatic heterocycles. The number of hydrogen-bond donors (Lipinski definition) is 2. The van der Waals surface area contributed by atoms with Gasteiger partial charge in [0.25, 0.3) is 0 Å². The Balaban J connectivity index is 1.51. The van der Waals surface area contributed by atoms with Crippen LogP contribution in [0.5, 0.6) is 0 Å². The van der Waals surface area contributed by atoms with Crippen molar-refractivity contribution in [2.24, 2.45) is 0 Å². The van der Waals surface area contributed by atoms with E-state index in [1.54, 1.807) is 11.0 Å². The fourth-order valence-corrected chi connectivity index (χ4v) is 3.18. The van der Waals surface area contributed by atoms with Gasteiger partial charge in [-0.05, 0) is 32.9 Å². The highest BCUT2D eigenvalue weighted by Gasteiger charge is 2.36. The van der Waals surface area contributed by atoms with Crippen molar-refractivity contribution in [1.82, 2.24) is 14.9 Å². The zero-order chi connectivity index (χ0) is 19.4. The maximum absolute atomic E-state index is 15.1. The quantitative estimate of drug-likeness (QED) is 0.856. The molecule has 3 rings (SSSR count). The first-order valence-corrected chi connectivity index (χ1v) is 9.21. The van der Waals surface area contributed by atoms with E-state index in [1.807, 2.05) is 45.0 Å². The van der Waals surface area contributed by atoms with Gasteiger partial charge in [0.1, 0.15) is 17.3 Å². The number of likely N-dealkylation sites (tertiary alicyclic amines) is 1. The minimum atomic E-state index is -1.35. The average molecular weight is 371 g/mol. The number of hydrogen-bond acceptors (Lipinski definition) is 4. The predicted molar refractivity (Wildman–Crippen MR) is 105 cm³/mol. The lowest BCUT2D eigenvalue weighted by Crippen LogP contribution is -2.48. The summed E-state index contributed by atoms with van der Waals surface area (Å²) in [6.07, 6.45) is 0.592. The third kappa shape index (κ3) is 5.15. The predicted octanol–water partition coefficient (Wildman–Crippen LogP) is 3.85. The molecule has 2 aromatic rings. The van der Waals surface area contributed by atoms with E-state index in [2.05, 4.69) is 20.6 Å². The van der Waals surface area contributed by atoms with Crippen LogP contribution in [0.2, 0.25) is 0 Å². The van der Waals surface area contributed by atoms with Crippen molar-refractivity contribution in [3.8, 4) is 0 Å². The minimum absolute atomic E-state index is 0.177. The normalized spacial score (nSPS) is 16.1. The summed E-state index contributed by atoms with van der Waals surface area (Å²) in [7, 11) is 0. The van der Waals surface area contributed by atoms with E-state index in [9.17, 15) is 4.79 Å². The number of nitrogens with one attached hydrogen (secondary N) is 2. The zero-order valence-electron chi connectivity index (χ0n) is 16.1. The Morgan fingerprint density at radius 1 is 1.15 bits per heavy atom. The number of benzene rings is 1. The number of urea groups is 1. The van der Waals surface area contributed by atoms with Crippen molar-refractivity contribution in [2.45, 2.75) is 39.3 Å². The van der Waals surface area contributed by atoms with E-state index in [0.29, 0.717) is 37.6 Å². The Labute approximate surface area is 159 Å². The second kappa shape index (κ2) is 7.90. The van der Waals surface area contributed by atoms with Crippen molar-refractivity contribution in [3.63, 3.8) is 0 Å². The first-order chi connectivity index (χ1) is 12.8. The molecule has 0 unspecified atom stereocenters. The SMILES string of the molecule is Cc1ccc(NC(=O)N2CCC(F)(CNc3cc(C)nc(C)n3)CC2)cc1. The van der Waals surface area contributed by atoms with Gasteiger partial charge in [-0.1, -0.05) is 17.7 Å². The number of amides is 2. The zero-order valence-corrected chi connectivity index (χ0v) is 16.1. The third-order valence-corrected chi connectivity index (χ3v) is 4.80. The topological polar surface area (TPSA) is 70.2 Å². The van der Waals surface area contributed by atoms with E-state index in [-0.39, 0.29) is 12.6 Å². The highest BCUT2D eigenvalue weighted by molar-refractivity contribution is 5.89. The molecule has 0 atom stereocenters. The summed E-state index contributed by atoms with van der Waals surface area (Å²) in [6.45, 7) is 6.64. The van der Waals surface area contributed by atoms with Gasteiger partial charge in [0.2, 0.25) is 0 Å². The molecule has 144 valence electrons. The van der Waals surface area contributed by atoms with Crippen LogP contribution in [0.4, 0.5) is 20.7 Å². The fraction of sp³-hybridized carbons (Fsp3) is 0.450. The lowest BCUT2D eigenvalue weighted by molar-refractivity contribution is 0.0853.